The van der Waals surface area contributed by atoms with Crippen LogP contribution in [0.15, 0.2) is 84.9 Å². The number of rotatable bonds is 7. The Hall–Kier alpha value is -3.61. The van der Waals surface area contributed by atoms with Gasteiger partial charge in [0, 0.05) is 0 Å². The number of carbonyl (C=O) groups is 1. The van der Waals surface area contributed by atoms with E-state index in [0.717, 1.165) is 16.7 Å². The van der Waals surface area contributed by atoms with Crippen molar-refractivity contribution < 1.29 is 28.8 Å². The summed E-state index contributed by atoms with van der Waals surface area (Å²) in [4.78, 5) is 12.8. The van der Waals surface area contributed by atoms with Crippen molar-refractivity contribution in [2.24, 2.45) is 0 Å². The van der Waals surface area contributed by atoms with Gasteiger partial charge in [-0.05, 0) is 41.0 Å². The summed E-state index contributed by atoms with van der Waals surface area (Å²) in [5, 5.41) is 10.7. The van der Waals surface area contributed by atoms with E-state index < -0.39 is 30.4 Å². The summed E-state index contributed by atoms with van der Waals surface area (Å²) in [6.45, 7) is 0. The molecule has 0 aromatic heterocycles. The highest BCUT2D eigenvalue weighted by Gasteiger charge is 2.43. The molecule has 6 heteroatoms. The minimum Gasteiger partial charge on any atom is -0.497 e. The molecule has 170 valence electrons. The number of aliphatic hydroxyl groups is 1. The number of aliphatic hydroxyl groups excluding tert-OH is 1. The van der Waals surface area contributed by atoms with E-state index in [2.05, 4.69) is 0 Å². The molecule has 1 fully saturated rings. The first-order chi connectivity index (χ1) is 16.1. The third-order valence-corrected chi connectivity index (χ3v) is 5.53. The quantitative estimate of drug-likeness (QED) is 0.539. The highest BCUT2D eigenvalue weighted by Crippen LogP contribution is 2.41. The Morgan fingerprint density at radius 1 is 0.818 bits per heavy atom. The van der Waals surface area contributed by atoms with Crippen LogP contribution < -0.4 is 9.47 Å². The lowest BCUT2D eigenvalue weighted by molar-refractivity contribution is -0.212. The second-order valence-corrected chi connectivity index (χ2v) is 7.64. The van der Waals surface area contributed by atoms with Gasteiger partial charge in [0.05, 0.1) is 14.2 Å². The summed E-state index contributed by atoms with van der Waals surface area (Å²) in [5.41, 5.74) is 2.47. The summed E-state index contributed by atoms with van der Waals surface area (Å²) in [5.74, 6) is 0.780. The van der Waals surface area contributed by atoms with E-state index in [9.17, 15) is 9.90 Å². The lowest BCUT2D eigenvalue weighted by Crippen LogP contribution is -2.44. The topological polar surface area (TPSA) is 74.2 Å². The van der Waals surface area contributed by atoms with Gasteiger partial charge in [0.2, 0.25) is 0 Å². The Morgan fingerprint density at radius 2 is 1.36 bits per heavy atom. The van der Waals surface area contributed by atoms with Gasteiger partial charge in [-0.15, -0.1) is 0 Å². The van der Waals surface area contributed by atoms with Crippen molar-refractivity contribution in [3.05, 3.63) is 102 Å². The molecule has 1 saturated heterocycles. The predicted octanol–water partition coefficient (Wildman–Crippen LogP) is 4.50. The Labute approximate surface area is 193 Å². The lowest BCUT2D eigenvalue weighted by atomic mass is 9.95. The van der Waals surface area contributed by atoms with E-state index in [1.807, 2.05) is 66.7 Å². The van der Waals surface area contributed by atoms with Gasteiger partial charge in [-0.25, -0.2) is 4.79 Å². The van der Waals surface area contributed by atoms with Crippen molar-refractivity contribution in [2.45, 2.75) is 24.4 Å². The standard InChI is InChI=1S/C27H26O6/c1-30-21-13-9-19(10-14-21)24-25(20-11-15-22(31-2)16-12-20)33-27(29)26(32-24)23(28)17-8-18-6-4-3-5-7-18/h3-17,23-26,28H,1-2H3/b17-8+/t23-,24-,25-,26-/m0/s1. The van der Waals surface area contributed by atoms with Crippen molar-refractivity contribution in [3.8, 4) is 11.5 Å². The summed E-state index contributed by atoms with van der Waals surface area (Å²) in [6.07, 6.45) is -0.341. The molecule has 1 aliphatic rings. The molecule has 3 aromatic carbocycles. The molecule has 0 unspecified atom stereocenters. The van der Waals surface area contributed by atoms with Crippen LogP contribution in [-0.4, -0.2) is 37.5 Å². The van der Waals surface area contributed by atoms with E-state index in [1.165, 1.54) is 0 Å². The van der Waals surface area contributed by atoms with Gasteiger partial charge in [-0.2, -0.15) is 0 Å². The van der Waals surface area contributed by atoms with Crippen LogP contribution in [0, 0.1) is 0 Å². The molecule has 0 spiro atoms. The Bertz CT molecular complexity index is 1080. The zero-order valence-corrected chi connectivity index (χ0v) is 18.5. The molecule has 0 saturated carbocycles. The van der Waals surface area contributed by atoms with E-state index in [0.29, 0.717) is 11.5 Å². The first-order valence-corrected chi connectivity index (χ1v) is 10.6. The van der Waals surface area contributed by atoms with Gasteiger partial charge in [-0.1, -0.05) is 66.7 Å². The van der Waals surface area contributed by atoms with Crippen LogP contribution >= 0.6 is 0 Å². The van der Waals surface area contributed by atoms with E-state index in [4.69, 9.17) is 18.9 Å². The summed E-state index contributed by atoms with van der Waals surface area (Å²) in [6, 6.07) is 24.2. The third kappa shape index (κ3) is 5.25. The maximum atomic E-state index is 12.8. The molecule has 3 aromatic rings. The fraction of sp³-hybridized carbons (Fsp3) is 0.222. The number of hydrogen-bond donors (Lipinski definition) is 1. The molecule has 1 heterocycles. The molecule has 0 amide bonds. The number of cyclic esters (lactones) is 1. The highest BCUT2D eigenvalue weighted by atomic mass is 16.6. The highest BCUT2D eigenvalue weighted by molar-refractivity contribution is 5.77. The summed E-state index contributed by atoms with van der Waals surface area (Å²) in [7, 11) is 3.19. The number of carbonyl (C=O) groups excluding carboxylic acids is 1. The third-order valence-electron chi connectivity index (χ3n) is 5.53. The van der Waals surface area contributed by atoms with Crippen molar-refractivity contribution in [1.29, 1.82) is 0 Å². The largest absolute Gasteiger partial charge is 0.497 e. The molecule has 4 rings (SSSR count). The average molecular weight is 446 g/mol. The van der Waals surface area contributed by atoms with Crippen molar-refractivity contribution in [1.82, 2.24) is 0 Å². The van der Waals surface area contributed by atoms with E-state index in [1.54, 1.807) is 38.5 Å². The lowest BCUT2D eigenvalue weighted by Gasteiger charge is -2.37. The Kier molecular flexibility index (Phi) is 7.07. The number of benzene rings is 3. The zero-order chi connectivity index (χ0) is 23.2. The van der Waals surface area contributed by atoms with Gasteiger partial charge in [-0.3, -0.25) is 0 Å². The Morgan fingerprint density at radius 3 is 1.91 bits per heavy atom. The Balaban J connectivity index is 1.62. The second-order valence-electron chi connectivity index (χ2n) is 7.64. The number of ether oxygens (including phenoxy) is 4. The van der Waals surface area contributed by atoms with Crippen molar-refractivity contribution in [2.75, 3.05) is 14.2 Å². The fourth-order valence-corrected chi connectivity index (χ4v) is 3.72. The fourth-order valence-electron chi connectivity index (χ4n) is 3.72. The molecule has 1 aliphatic heterocycles. The van der Waals surface area contributed by atoms with E-state index >= 15 is 0 Å². The van der Waals surface area contributed by atoms with Gasteiger partial charge in [0.25, 0.3) is 0 Å². The second kappa shape index (κ2) is 10.3. The average Bonchev–Trinajstić information content (AvgIpc) is 2.88. The number of hydrogen-bond acceptors (Lipinski definition) is 6. The van der Waals surface area contributed by atoms with Crippen LogP contribution in [0.5, 0.6) is 11.5 Å². The first-order valence-electron chi connectivity index (χ1n) is 10.6. The molecule has 0 aliphatic carbocycles. The minimum absolute atomic E-state index is 0.619. The van der Waals surface area contributed by atoms with Crippen LogP contribution in [0.3, 0.4) is 0 Å². The van der Waals surface area contributed by atoms with Crippen LogP contribution in [0.4, 0.5) is 0 Å². The smallest absolute Gasteiger partial charge is 0.339 e. The predicted molar refractivity (Wildman–Crippen MR) is 124 cm³/mol. The minimum atomic E-state index is -1.17. The maximum absolute atomic E-state index is 12.8. The first kappa shape index (κ1) is 22.6. The van der Waals surface area contributed by atoms with Crippen LogP contribution in [0.1, 0.15) is 28.9 Å². The van der Waals surface area contributed by atoms with Gasteiger partial charge in [0.15, 0.2) is 12.2 Å². The van der Waals surface area contributed by atoms with Gasteiger partial charge >= 0.3 is 5.97 Å². The maximum Gasteiger partial charge on any atom is 0.339 e. The molecule has 4 atom stereocenters. The van der Waals surface area contributed by atoms with Crippen LogP contribution in [-0.2, 0) is 14.3 Å². The van der Waals surface area contributed by atoms with Gasteiger partial charge in [0.1, 0.15) is 23.7 Å². The number of methoxy groups -OCH3 is 2. The molecular formula is C27H26O6. The number of esters is 1. The molecule has 1 N–H and O–H groups in total. The monoisotopic (exact) mass is 446 g/mol. The molecule has 0 bridgehead atoms. The van der Waals surface area contributed by atoms with Crippen LogP contribution in [0.25, 0.3) is 6.08 Å². The van der Waals surface area contributed by atoms with E-state index in [-0.39, 0.29) is 0 Å². The summed E-state index contributed by atoms with van der Waals surface area (Å²) < 4.78 is 22.5. The normalized spacial score (nSPS) is 21.4. The van der Waals surface area contributed by atoms with Crippen molar-refractivity contribution >= 4 is 12.0 Å². The summed E-state index contributed by atoms with van der Waals surface area (Å²) >= 11 is 0. The van der Waals surface area contributed by atoms with Crippen LogP contribution in [0.2, 0.25) is 0 Å². The van der Waals surface area contributed by atoms with Crippen molar-refractivity contribution in [3.63, 3.8) is 0 Å². The molecule has 33 heavy (non-hydrogen) atoms. The molecular weight excluding hydrogens is 420 g/mol. The SMILES string of the molecule is COc1ccc([C@@H]2OC(=O)[C@H]([C@@H](O)/C=C/c3ccccc3)O[C@H]2c2ccc(OC)cc2)cc1. The van der Waals surface area contributed by atoms with Gasteiger partial charge < -0.3 is 24.1 Å². The zero-order valence-electron chi connectivity index (χ0n) is 18.5. The molecule has 0 radical (unpaired) electrons. The molecule has 6 nitrogen and oxygen atoms in total.